The number of carboxylic acid groups (broad SMARTS) is 1. The molecule has 0 radical (unpaired) electrons. The summed E-state index contributed by atoms with van der Waals surface area (Å²) in [4.78, 5) is 17.3. The predicted molar refractivity (Wildman–Crippen MR) is 104 cm³/mol. The molecule has 0 saturated carbocycles. The second-order valence-electron chi connectivity index (χ2n) is 6.04. The van der Waals surface area contributed by atoms with Gasteiger partial charge in [0.25, 0.3) is 0 Å². The third-order valence-electron chi connectivity index (χ3n) is 4.31. The second kappa shape index (κ2) is 6.79. The summed E-state index contributed by atoms with van der Waals surface area (Å²) in [5.41, 5.74) is 2.27. The minimum atomic E-state index is -1.19. The summed E-state index contributed by atoms with van der Waals surface area (Å²) in [6.07, 6.45) is -1.20. The molecule has 1 atom stereocenters. The SMILES string of the molecule is CCc1cc2c(s1)-n1c(C)nnc1C(NC(=O)O)N=C2c1ccccc1Cl. The van der Waals surface area contributed by atoms with E-state index in [0.717, 1.165) is 22.5 Å². The molecule has 0 bridgehead atoms. The van der Waals surface area contributed by atoms with Crippen molar-refractivity contribution in [3.63, 3.8) is 0 Å². The monoisotopic (exact) mass is 401 g/mol. The number of nitrogens with zero attached hydrogens (tertiary/aromatic N) is 4. The lowest BCUT2D eigenvalue weighted by molar-refractivity contribution is 0.189. The van der Waals surface area contributed by atoms with Crippen LogP contribution in [0.1, 0.15) is 40.7 Å². The summed E-state index contributed by atoms with van der Waals surface area (Å²) in [5, 5.41) is 21.5. The molecule has 3 aromatic rings. The Kier molecular flexibility index (Phi) is 4.45. The number of halogens is 1. The van der Waals surface area contributed by atoms with Crippen molar-refractivity contribution < 1.29 is 9.90 Å². The van der Waals surface area contributed by atoms with E-state index in [0.29, 0.717) is 22.4 Å². The fourth-order valence-electron chi connectivity index (χ4n) is 3.09. The van der Waals surface area contributed by atoms with Crippen LogP contribution in [-0.2, 0) is 6.42 Å². The van der Waals surface area contributed by atoms with Gasteiger partial charge >= 0.3 is 6.09 Å². The quantitative estimate of drug-likeness (QED) is 0.694. The van der Waals surface area contributed by atoms with E-state index in [4.69, 9.17) is 16.6 Å². The van der Waals surface area contributed by atoms with Gasteiger partial charge in [-0.3, -0.25) is 14.9 Å². The highest BCUT2D eigenvalue weighted by Gasteiger charge is 2.31. The molecule has 1 aromatic carbocycles. The Morgan fingerprint density at radius 1 is 1.33 bits per heavy atom. The lowest BCUT2D eigenvalue weighted by atomic mass is 10.0. The highest BCUT2D eigenvalue weighted by Crippen LogP contribution is 2.36. The van der Waals surface area contributed by atoms with Crippen LogP contribution in [0.2, 0.25) is 5.02 Å². The van der Waals surface area contributed by atoms with Crippen molar-refractivity contribution in [3.05, 3.63) is 63.0 Å². The van der Waals surface area contributed by atoms with Gasteiger partial charge in [0, 0.05) is 21.0 Å². The molecule has 1 aliphatic rings. The molecular formula is C18H16ClN5O2S. The first-order valence-corrected chi connectivity index (χ1v) is 9.56. The van der Waals surface area contributed by atoms with Gasteiger partial charge in [-0.15, -0.1) is 21.5 Å². The van der Waals surface area contributed by atoms with Crippen molar-refractivity contribution in [3.8, 4) is 5.00 Å². The smallest absolute Gasteiger partial charge is 0.406 e. The molecule has 1 aliphatic heterocycles. The van der Waals surface area contributed by atoms with Crippen LogP contribution in [0.15, 0.2) is 35.3 Å². The Morgan fingerprint density at radius 3 is 2.81 bits per heavy atom. The summed E-state index contributed by atoms with van der Waals surface area (Å²) in [5.74, 6) is 1.10. The van der Waals surface area contributed by atoms with E-state index in [1.165, 1.54) is 4.88 Å². The molecule has 0 fully saturated rings. The van der Waals surface area contributed by atoms with Crippen LogP contribution in [0.25, 0.3) is 5.00 Å². The number of benzene rings is 1. The van der Waals surface area contributed by atoms with E-state index in [2.05, 4.69) is 28.5 Å². The Bertz CT molecular complexity index is 1070. The average Bonchev–Trinajstić information content (AvgIpc) is 3.19. The number of nitrogens with one attached hydrogen (secondary N) is 1. The molecule has 0 spiro atoms. The molecule has 0 saturated heterocycles. The van der Waals surface area contributed by atoms with E-state index in [1.807, 2.05) is 29.7 Å². The molecule has 7 nitrogen and oxygen atoms in total. The largest absolute Gasteiger partial charge is 0.465 e. The first kappa shape index (κ1) is 17.7. The van der Waals surface area contributed by atoms with Crippen LogP contribution in [0, 0.1) is 6.92 Å². The number of thiophene rings is 1. The van der Waals surface area contributed by atoms with E-state index < -0.39 is 12.3 Å². The van der Waals surface area contributed by atoms with Crippen molar-refractivity contribution in [2.45, 2.75) is 26.4 Å². The van der Waals surface area contributed by atoms with Crippen LogP contribution in [-0.4, -0.2) is 31.7 Å². The van der Waals surface area contributed by atoms with Gasteiger partial charge in [-0.25, -0.2) is 4.79 Å². The lowest BCUT2D eigenvalue weighted by Crippen LogP contribution is -2.27. The highest BCUT2D eigenvalue weighted by molar-refractivity contribution is 7.15. The van der Waals surface area contributed by atoms with Gasteiger partial charge in [-0.05, 0) is 25.5 Å². The third-order valence-corrected chi connectivity index (χ3v) is 5.91. The molecule has 1 amide bonds. The fraction of sp³-hybridized carbons (Fsp3) is 0.222. The summed E-state index contributed by atoms with van der Waals surface area (Å²) < 4.78 is 1.87. The van der Waals surface area contributed by atoms with Gasteiger partial charge in [0.05, 0.1) is 5.71 Å². The van der Waals surface area contributed by atoms with E-state index >= 15 is 0 Å². The highest BCUT2D eigenvalue weighted by atomic mass is 35.5. The minimum Gasteiger partial charge on any atom is -0.465 e. The van der Waals surface area contributed by atoms with Crippen molar-refractivity contribution in [1.29, 1.82) is 0 Å². The molecule has 9 heteroatoms. The van der Waals surface area contributed by atoms with Crippen molar-refractivity contribution in [2.24, 2.45) is 4.99 Å². The summed E-state index contributed by atoms with van der Waals surface area (Å²) in [7, 11) is 0. The number of aryl methyl sites for hydroxylation is 2. The van der Waals surface area contributed by atoms with Crippen LogP contribution >= 0.6 is 22.9 Å². The molecule has 2 N–H and O–H groups in total. The summed E-state index contributed by atoms with van der Waals surface area (Å²) in [6, 6.07) is 9.48. The maximum Gasteiger partial charge on any atom is 0.406 e. The average molecular weight is 402 g/mol. The first-order valence-electron chi connectivity index (χ1n) is 8.37. The fourth-order valence-corrected chi connectivity index (χ4v) is 4.46. The molecule has 2 aromatic heterocycles. The van der Waals surface area contributed by atoms with Crippen LogP contribution < -0.4 is 5.32 Å². The van der Waals surface area contributed by atoms with Gasteiger partial charge in [0.1, 0.15) is 10.8 Å². The Hall–Kier alpha value is -2.71. The number of aromatic nitrogens is 3. The number of rotatable bonds is 3. The summed E-state index contributed by atoms with van der Waals surface area (Å²) in [6.45, 7) is 3.93. The number of fused-ring (bicyclic) bond motifs is 3. The van der Waals surface area contributed by atoms with Crippen molar-refractivity contribution >= 4 is 34.7 Å². The van der Waals surface area contributed by atoms with Gasteiger partial charge in [0.2, 0.25) is 0 Å². The van der Waals surface area contributed by atoms with Gasteiger partial charge < -0.3 is 5.11 Å². The number of amides is 1. The maximum absolute atomic E-state index is 11.4. The standard InChI is InChI=1S/C18H16ClN5O2S/c1-3-10-8-12-14(11-6-4-5-7-13(11)19)20-15(21-18(25)26)16-23-22-9(2)24(16)17(12)27-10/h4-8,15,21H,3H2,1-2H3,(H,25,26). The van der Waals surface area contributed by atoms with Gasteiger partial charge in [-0.2, -0.15) is 0 Å². The van der Waals surface area contributed by atoms with E-state index in [1.54, 1.807) is 17.4 Å². The molecule has 0 aliphatic carbocycles. The van der Waals surface area contributed by atoms with Gasteiger partial charge in [0.15, 0.2) is 12.0 Å². The van der Waals surface area contributed by atoms with Crippen molar-refractivity contribution in [2.75, 3.05) is 0 Å². The molecule has 3 heterocycles. The second-order valence-corrected chi connectivity index (χ2v) is 7.56. The zero-order valence-corrected chi connectivity index (χ0v) is 16.2. The lowest BCUT2D eigenvalue weighted by Gasteiger charge is -2.12. The Morgan fingerprint density at radius 2 is 2.11 bits per heavy atom. The maximum atomic E-state index is 11.4. The predicted octanol–water partition coefficient (Wildman–Crippen LogP) is 3.97. The third kappa shape index (κ3) is 3.00. The zero-order valence-electron chi connectivity index (χ0n) is 14.6. The van der Waals surface area contributed by atoms with Crippen LogP contribution in [0.5, 0.6) is 0 Å². The van der Waals surface area contributed by atoms with E-state index in [-0.39, 0.29) is 0 Å². The minimum absolute atomic E-state index is 0.433. The molecule has 4 rings (SSSR count). The van der Waals surface area contributed by atoms with Crippen molar-refractivity contribution in [1.82, 2.24) is 20.1 Å². The van der Waals surface area contributed by atoms with Crippen LogP contribution in [0.4, 0.5) is 4.79 Å². The van der Waals surface area contributed by atoms with Crippen LogP contribution in [0.3, 0.4) is 0 Å². The molecule has 27 heavy (non-hydrogen) atoms. The Labute approximate surface area is 164 Å². The van der Waals surface area contributed by atoms with Gasteiger partial charge in [-0.1, -0.05) is 36.7 Å². The molecular weight excluding hydrogens is 386 g/mol. The molecule has 138 valence electrons. The van der Waals surface area contributed by atoms with E-state index in [9.17, 15) is 9.90 Å². The molecule has 1 unspecified atom stereocenters. The number of hydrogen-bond acceptors (Lipinski definition) is 5. The first-order chi connectivity index (χ1) is 13.0. The topological polar surface area (TPSA) is 92.4 Å². The zero-order chi connectivity index (χ0) is 19.1. The summed E-state index contributed by atoms with van der Waals surface area (Å²) >= 11 is 8.06. The number of aliphatic imine (C=N–C) groups is 1. The Balaban J connectivity index is 2.03. The normalized spacial score (nSPS) is 15.5. The number of hydrogen-bond donors (Lipinski definition) is 2. The number of carbonyl (C=O) groups is 1.